The van der Waals surface area contributed by atoms with Crippen LogP contribution in [0.1, 0.15) is 30.7 Å². The lowest BCUT2D eigenvalue weighted by atomic mass is 9.90. The first-order chi connectivity index (χ1) is 11.1. The maximum absolute atomic E-state index is 13.2. The van der Waals surface area contributed by atoms with Crippen LogP contribution < -0.4 is 0 Å². The first kappa shape index (κ1) is 17.1. The van der Waals surface area contributed by atoms with E-state index in [2.05, 4.69) is 0 Å². The van der Waals surface area contributed by atoms with Crippen LogP contribution in [-0.2, 0) is 4.79 Å². The van der Waals surface area contributed by atoms with Crippen molar-refractivity contribution in [1.29, 1.82) is 0 Å². The molecule has 2 unspecified atom stereocenters. The van der Waals surface area contributed by atoms with E-state index in [1.807, 2.05) is 0 Å². The van der Waals surface area contributed by atoms with Crippen molar-refractivity contribution in [3.63, 3.8) is 0 Å². The Balaban J connectivity index is 1.60. The average molecular weight is 349 g/mol. The van der Waals surface area contributed by atoms with Crippen LogP contribution in [0.15, 0.2) is 18.2 Å². The third kappa shape index (κ3) is 2.99. The van der Waals surface area contributed by atoms with Crippen LogP contribution in [0.3, 0.4) is 0 Å². The Morgan fingerprint density at radius 1 is 1.17 bits per heavy atom. The molecule has 2 atom stereocenters. The van der Waals surface area contributed by atoms with Gasteiger partial charge in [-0.3, -0.25) is 4.79 Å². The molecule has 1 aliphatic carbocycles. The van der Waals surface area contributed by atoms with Gasteiger partial charge >= 0.3 is 6.18 Å². The highest BCUT2D eigenvalue weighted by Crippen LogP contribution is 2.49. The predicted octanol–water partition coefficient (Wildman–Crippen LogP) is 2.98. The van der Waals surface area contributed by atoms with E-state index in [0.29, 0.717) is 12.0 Å². The second kappa shape index (κ2) is 5.68. The molecular weight excluding hydrogens is 333 g/mol. The van der Waals surface area contributed by atoms with Gasteiger partial charge in [-0.05, 0) is 30.0 Å². The van der Waals surface area contributed by atoms with Crippen molar-refractivity contribution in [2.24, 2.45) is 5.92 Å². The first-order valence-electron chi connectivity index (χ1n) is 7.65. The summed E-state index contributed by atoms with van der Waals surface area (Å²) < 4.78 is 64.5. The zero-order chi connectivity index (χ0) is 17.7. The Bertz CT molecular complexity index is 652. The van der Waals surface area contributed by atoms with Crippen molar-refractivity contribution in [2.75, 3.05) is 13.1 Å². The summed E-state index contributed by atoms with van der Waals surface area (Å²) in [7, 11) is 0. The molecule has 3 nitrogen and oxygen atoms in total. The van der Waals surface area contributed by atoms with Crippen molar-refractivity contribution in [2.45, 2.75) is 37.0 Å². The van der Waals surface area contributed by atoms with Gasteiger partial charge in [-0.25, -0.2) is 8.78 Å². The van der Waals surface area contributed by atoms with Crippen molar-refractivity contribution in [3.8, 4) is 0 Å². The van der Waals surface area contributed by atoms with Gasteiger partial charge in [0, 0.05) is 31.8 Å². The van der Waals surface area contributed by atoms with E-state index in [1.54, 1.807) is 0 Å². The number of piperidine rings is 1. The molecule has 2 aliphatic rings. The Morgan fingerprint density at radius 3 is 2.33 bits per heavy atom. The van der Waals surface area contributed by atoms with Crippen LogP contribution >= 0.6 is 0 Å². The quantitative estimate of drug-likeness (QED) is 0.834. The number of nitrogens with zero attached hydrogens (tertiary/aromatic N) is 1. The molecule has 0 bridgehead atoms. The highest BCUT2D eigenvalue weighted by atomic mass is 19.4. The monoisotopic (exact) mass is 349 g/mol. The number of amides is 1. The minimum absolute atomic E-state index is 0.171. The number of carbonyl (C=O) groups excluding carboxylic acids is 1. The average Bonchev–Trinajstić information content (AvgIpc) is 3.29. The zero-order valence-corrected chi connectivity index (χ0v) is 12.6. The molecule has 1 aromatic rings. The fourth-order valence-corrected chi connectivity index (χ4v) is 3.19. The van der Waals surface area contributed by atoms with E-state index in [1.165, 1.54) is 11.0 Å². The third-order valence-electron chi connectivity index (χ3n) is 4.91. The molecule has 132 valence electrons. The topological polar surface area (TPSA) is 40.5 Å². The van der Waals surface area contributed by atoms with Crippen LogP contribution in [0.5, 0.6) is 0 Å². The number of alkyl halides is 3. The van der Waals surface area contributed by atoms with E-state index in [4.69, 9.17) is 0 Å². The lowest BCUT2D eigenvalue weighted by Crippen LogP contribution is -2.54. The maximum atomic E-state index is 13.2. The maximum Gasteiger partial charge on any atom is 0.417 e. The molecule has 1 aromatic carbocycles. The molecule has 2 fully saturated rings. The summed E-state index contributed by atoms with van der Waals surface area (Å²) in [6.07, 6.45) is -5.35. The van der Waals surface area contributed by atoms with Crippen LogP contribution in [0.25, 0.3) is 0 Å². The normalized spacial score (nSPS) is 26.3. The summed E-state index contributed by atoms with van der Waals surface area (Å²) in [6, 6.07) is 3.45. The smallest absolute Gasteiger partial charge is 0.380 e. The van der Waals surface area contributed by atoms with Gasteiger partial charge < -0.3 is 10.0 Å². The Hall–Kier alpha value is -1.70. The number of likely N-dealkylation sites (tertiary alicyclic amines) is 1. The van der Waals surface area contributed by atoms with E-state index in [0.717, 1.165) is 12.1 Å². The van der Waals surface area contributed by atoms with Crippen molar-refractivity contribution in [3.05, 3.63) is 35.4 Å². The van der Waals surface area contributed by atoms with Gasteiger partial charge in [0.1, 0.15) is 0 Å². The van der Waals surface area contributed by atoms with Crippen LogP contribution in [0, 0.1) is 17.6 Å². The Morgan fingerprint density at radius 2 is 1.79 bits per heavy atom. The number of rotatable bonds is 2. The van der Waals surface area contributed by atoms with Crippen LogP contribution in [0.2, 0.25) is 0 Å². The van der Waals surface area contributed by atoms with Gasteiger partial charge in [-0.1, -0.05) is 6.07 Å². The first-order valence-corrected chi connectivity index (χ1v) is 7.65. The van der Waals surface area contributed by atoms with Crippen molar-refractivity contribution >= 4 is 5.91 Å². The van der Waals surface area contributed by atoms with Gasteiger partial charge in [0.25, 0.3) is 0 Å². The van der Waals surface area contributed by atoms with Crippen molar-refractivity contribution in [1.82, 2.24) is 4.90 Å². The van der Waals surface area contributed by atoms with E-state index in [9.17, 15) is 31.9 Å². The molecule has 24 heavy (non-hydrogen) atoms. The molecule has 8 heteroatoms. The molecular formula is C16H16F5NO2. The fraction of sp³-hybridized carbons (Fsp3) is 0.562. The second-order valence-electron chi connectivity index (χ2n) is 6.48. The molecule has 3 rings (SSSR count). The summed E-state index contributed by atoms with van der Waals surface area (Å²) in [6.45, 7) is -0.342. The molecule has 1 aliphatic heterocycles. The number of halogens is 5. The molecule has 1 saturated heterocycles. The molecule has 0 radical (unpaired) electrons. The number of benzene rings is 1. The van der Waals surface area contributed by atoms with Crippen LogP contribution in [-0.4, -0.2) is 40.8 Å². The molecule has 1 N–H and O–H groups in total. The van der Waals surface area contributed by atoms with Gasteiger partial charge in [0.2, 0.25) is 5.91 Å². The minimum Gasteiger partial charge on any atom is -0.380 e. The molecule has 0 aromatic heterocycles. The van der Waals surface area contributed by atoms with Crippen LogP contribution in [0.4, 0.5) is 22.0 Å². The van der Waals surface area contributed by atoms with Gasteiger partial charge in [0.05, 0.1) is 0 Å². The summed E-state index contributed by atoms with van der Waals surface area (Å²) in [4.78, 5) is 13.7. The van der Waals surface area contributed by atoms with Gasteiger partial charge in [0.15, 0.2) is 17.2 Å². The summed E-state index contributed by atoms with van der Waals surface area (Å²) in [5, 5.41) is 9.61. The summed E-state index contributed by atoms with van der Waals surface area (Å²) in [5.74, 6) is -2.92. The highest BCUT2D eigenvalue weighted by Gasteiger charge is 2.56. The lowest BCUT2D eigenvalue weighted by molar-refractivity contribution is -0.272. The highest BCUT2D eigenvalue weighted by molar-refractivity contribution is 5.83. The van der Waals surface area contributed by atoms with E-state index >= 15 is 0 Å². The van der Waals surface area contributed by atoms with E-state index in [-0.39, 0.29) is 24.9 Å². The summed E-state index contributed by atoms with van der Waals surface area (Å²) >= 11 is 0. The molecule has 0 spiro atoms. The molecule has 1 heterocycles. The zero-order valence-electron chi connectivity index (χ0n) is 12.6. The number of aliphatic hydroxyl groups is 1. The minimum atomic E-state index is -4.71. The van der Waals surface area contributed by atoms with Crippen molar-refractivity contribution < 1.29 is 31.9 Å². The number of hydrogen-bond acceptors (Lipinski definition) is 2. The second-order valence-corrected chi connectivity index (χ2v) is 6.48. The van der Waals surface area contributed by atoms with Gasteiger partial charge in [-0.15, -0.1) is 0 Å². The number of hydrogen-bond donors (Lipinski definition) is 1. The Labute approximate surface area is 135 Å². The SMILES string of the molecule is O=C(C1CC1c1ccc(F)c(F)c1)N1CCC(O)(C(F)(F)F)CC1. The predicted molar refractivity (Wildman–Crippen MR) is 74.0 cm³/mol. The lowest BCUT2D eigenvalue weighted by Gasteiger charge is -2.39. The molecule has 1 saturated carbocycles. The fourth-order valence-electron chi connectivity index (χ4n) is 3.19. The molecule has 1 amide bonds. The van der Waals surface area contributed by atoms with Gasteiger partial charge in [-0.2, -0.15) is 13.2 Å². The summed E-state index contributed by atoms with van der Waals surface area (Å²) in [5.41, 5.74) is -2.23. The van der Waals surface area contributed by atoms with E-state index < -0.39 is 42.2 Å². The third-order valence-corrected chi connectivity index (χ3v) is 4.91. The Kier molecular flexibility index (Phi) is 4.06. The number of carbonyl (C=O) groups is 1. The largest absolute Gasteiger partial charge is 0.417 e. The standard InChI is InChI=1S/C16H16F5NO2/c17-12-2-1-9(7-13(12)18)10-8-11(10)14(23)22-5-3-15(24,4-6-22)16(19,20)21/h1-2,7,10-11,24H,3-6,8H2.